The number of nitrogens with two attached hydrogens (primary N) is 1. The average Bonchev–Trinajstić information content (AvgIpc) is 3.35. The van der Waals surface area contributed by atoms with E-state index in [4.69, 9.17) is 5.73 Å². The van der Waals surface area contributed by atoms with E-state index in [9.17, 15) is 14.0 Å². The minimum absolute atomic E-state index is 0.164. The Morgan fingerprint density at radius 3 is 2.64 bits per heavy atom. The van der Waals surface area contributed by atoms with Gasteiger partial charge in [-0.25, -0.2) is 9.07 Å². The van der Waals surface area contributed by atoms with Gasteiger partial charge in [-0.3, -0.25) is 14.6 Å². The Morgan fingerprint density at radius 2 is 1.93 bits per heavy atom. The van der Waals surface area contributed by atoms with Gasteiger partial charge < -0.3 is 10.6 Å². The highest BCUT2D eigenvalue weighted by atomic mass is 19.1. The van der Waals surface area contributed by atoms with E-state index in [1.165, 1.54) is 41.3 Å². The molecule has 1 fully saturated rings. The number of carbonyl (C=O) groups is 2. The molecular weight excluding hydrogens is 361 g/mol. The van der Waals surface area contributed by atoms with Crippen molar-refractivity contribution in [1.82, 2.24) is 19.7 Å². The first kappa shape index (κ1) is 17.8. The summed E-state index contributed by atoms with van der Waals surface area (Å²) in [6.45, 7) is 0.496. The van der Waals surface area contributed by atoms with Crippen LogP contribution in [0.3, 0.4) is 0 Å². The van der Waals surface area contributed by atoms with Crippen LogP contribution in [0.1, 0.15) is 33.6 Å². The summed E-state index contributed by atoms with van der Waals surface area (Å²) in [7, 11) is 0. The lowest BCUT2D eigenvalue weighted by atomic mass is 10.0. The van der Waals surface area contributed by atoms with Crippen LogP contribution in [0, 0.1) is 5.82 Å². The number of carbonyl (C=O) groups excluding carboxylic acids is 2. The van der Waals surface area contributed by atoms with E-state index >= 15 is 0 Å². The standard InChI is InChI=1S/C20H18FN5O2/c21-14-5-7-15(8-6-14)26-19(22)16(12-24-26)18(27)17-4-2-10-25(17)20(28)13-3-1-9-23-11-13/h1,3,5-9,11-12,17H,2,4,10,22H2/t17-/m1/s1. The summed E-state index contributed by atoms with van der Waals surface area (Å²) in [6.07, 6.45) is 5.77. The Hall–Kier alpha value is -3.55. The molecule has 0 bridgehead atoms. The molecule has 1 amide bonds. The largest absolute Gasteiger partial charge is 0.383 e. The maximum Gasteiger partial charge on any atom is 0.256 e. The van der Waals surface area contributed by atoms with Gasteiger partial charge in [-0.1, -0.05) is 0 Å². The van der Waals surface area contributed by atoms with Gasteiger partial charge in [0, 0.05) is 18.9 Å². The number of ketones is 1. The Kier molecular flexibility index (Phi) is 4.60. The number of halogens is 1. The van der Waals surface area contributed by atoms with Crippen LogP contribution < -0.4 is 5.73 Å². The number of Topliss-reactive ketones (excluding diaryl/α,β-unsaturated/α-hetero) is 1. The van der Waals surface area contributed by atoms with Crippen molar-refractivity contribution in [2.75, 3.05) is 12.3 Å². The van der Waals surface area contributed by atoms with Crippen molar-refractivity contribution >= 4 is 17.5 Å². The van der Waals surface area contributed by atoms with Crippen LogP contribution in [0.25, 0.3) is 5.69 Å². The van der Waals surface area contributed by atoms with Crippen molar-refractivity contribution in [3.05, 3.63) is 71.9 Å². The van der Waals surface area contributed by atoms with Gasteiger partial charge in [0.15, 0.2) is 5.78 Å². The Morgan fingerprint density at radius 1 is 1.14 bits per heavy atom. The summed E-state index contributed by atoms with van der Waals surface area (Å²) in [4.78, 5) is 31.4. The first-order valence-corrected chi connectivity index (χ1v) is 8.91. The Balaban J connectivity index is 1.60. The molecule has 1 aliphatic heterocycles. The van der Waals surface area contributed by atoms with E-state index in [1.807, 2.05) is 0 Å². The van der Waals surface area contributed by atoms with E-state index in [-0.39, 0.29) is 28.9 Å². The lowest BCUT2D eigenvalue weighted by Crippen LogP contribution is -2.40. The Labute approximate surface area is 160 Å². The van der Waals surface area contributed by atoms with Crippen LogP contribution in [0.4, 0.5) is 10.2 Å². The lowest BCUT2D eigenvalue weighted by molar-refractivity contribution is 0.0671. The molecule has 0 radical (unpaired) electrons. The number of hydrogen-bond donors (Lipinski definition) is 1. The zero-order chi connectivity index (χ0) is 19.7. The minimum atomic E-state index is -0.596. The molecule has 0 aliphatic carbocycles. The fraction of sp³-hybridized carbons (Fsp3) is 0.200. The van der Waals surface area contributed by atoms with E-state index in [0.717, 1.165) is 6.42 Å². The molecule has 0 saturated carbocycles. The molecule has 1 saturated heterocycles. The fourth-order valence-electron chi connectivity index (χ4n) is 3.45. The second-order valence-electron chi connectivity index (χ2n) is 6.59. The number of pyridine rings is 1. The summed E-state index contributed by atoms with van der Waals surface area (Å²) in [6, 6.07) is 8.41. The van der Waals surface area contributed by atoms with Crippen LogP contribution in [0.15, 0.2) is 55.0 Å². The number of benzene rings is 1. The summed E-state index contributed by atoms with van der Waals surface area (Å²) < 4.78 is 14.5. The van der Waals surface area contributed by atoms with Crippen molar-refractivity contribution in [2.45, 2.75) is 18.9 Å². The smallest absolute Gasteiger partial charge is 0.256 e. The molecule has 3 heterocycles. The predicted octanol–water partition coefficient (Wildman–Crippen LogP) is 2.48. The third-order valence-electron chi connectivity index (χ3n) is 4.87. The van der Waals surface area contributed by atoms with Crippen molar-refractivity contribution < 1.29 is 14.0 Å². The molecule has 2 aromatic heterocycles. The maximum absolute atomic E-state index is 13.1. The van der Waals surface area contributed by atoms with Gasteiger partial charge in [-0.15, -0.1) is 0 Å². The van der Waals surface area contributed by atoms with Gasteiger partial charge >= 0.3 is 0 Å². The molecule has 0 spiro atoms. The van der Waals surface area contributed by atoms with Crippen LogP contribution in [-0.4, -0.2) is 43.9 Å². The highest BCUT2D eigenvalue weighted by Crippen LogP contribution is 2.26. The molecule has 1 aliphatic rings. The molecule has 4 rings (SSSR count). The summed E-state index contributed by atoms with van der Waals surface area (Å²) in [5.74, 6) is -0.687. The van der Waals surface area contributed by atoms with Crippen molar-refractivity contribution in [1.29, 1.82) is 0 Å². The normalized spacial score (nSPS) is 16.3. The molecule has 142 valence electrons. The van der Waals surface area contributed by atoms with Gasteiger partial charge in [0.1, 0.15) is 11.6 Å². The molecular formula is C20H18FN5O2. The highest BCUT2D eigenvalue weighted by molar-refractivity contribution is 6.07. The first-order valence-electron chi connectivity index (χ1n) is 8.91. The number of rotatable bonds is 4. The number of nitrogen functional groups attached to an aromatic ring is 1. The predicted molar refractivity (Wildman–Crippen MR) is 101 cm³/mol. The molecule has 1 aromatic carbocycles. The van der Waals surface area contributed by atoms with Crippen molar-refractivity contribution in [3.8, 4) is 5.69 Å². The molecule has 3 aromatic rings. The van der Waals surface area contributed by atoms with Crippen LogP contribution in [0.2, 0.25) is 0 Å². The van der Waals surface area contributed by atoms with Crippen molar-refractivity contribution in [2.24, 2.45) is 0 Å². The number of aromatic nitrogens is 3. The van der Waals surface area contributed by atoms with Gasteiger partial charge in [-0.05, 0) is 49.2 Å². The number of hydrogen-bond acceptors (Lipinski definition) is 5. The zero-order valence-electron chi connectivity index (χ0n) is 15.0. The summed E-state index contributed by atoms with van der Waals surface area (Å²) >= 11 is 0. The summed E-state index contributed by atoms with van der Waals surface area (Å²) in [5, 5.41) is 4.17. The van der Waals surface area contributed by atoms with E-state index in [1.54, 1.807) is 23.2 Å². The number of likely N-dealkylation sites (tertiary alicyclic amines) is 1. The fourth-order valence-corrected chi connectivity index (χ4v) is 3.45. The molecule has 2 N–H and O–H groups in total. The van der Waals surface area contributed by atoms with Gasteiger partial charge in [0.05, 0.1) is 29.1 Å². The number of nitrogens with zero attached hydrogens (tertiary/aromatic N) is 4. The minimum Gasteiger partial charge on any atom is -0.383 e. The maximum atomic E-state index is 13.1. The lowest BCUT2D eigenvalue weighted by Gasteiger charge is -2.23. The number of amides is 1. The molecule has 28 heavy (non-hydrogen) atoms. The molecule has 7 nitrogen and oxygen atoms in total. The SMILES string of the molecule is Nc1c(C(=O)[C@H]2CCCN2C(=O)c2cccnc2)cnn1-c1ccc(F)cc1. The van der Waals surface area contributed by atoms with Crippen molar-refractivity contribution in [3.63, 3.8) is 0 Å². The third kappa shape index (κ3) is 3.13. The topological polar surface area (TPSA) is 94.1 Å². The van der Waals surface area contributed by atoms with Crippen LogP contribution in [0.5, 0.6) is 0 Å². The van der Waals surface area contributed by atoms with Crippen LogP contribution >= 0.6 is 0 Å². The third-order valence-corrected chi connectivity index (χ3v) is 4.87. The second kappa shape index (κ2) is 7.22. The monoisotopic (exact) mass is 379 g/mol. The van der Waals surface area contributed by atoms with Gasteiger partial charge in [0.2, 0.25) is 0 Å². The van der Waals surface area contributed by atoms with E-state index < -0.39 is 6.04 Å². The molecule has 0 unspecified atom stereocenters. The molecule has 1 atom stereocenters. The Bertz CT molecular complexity index is 1020. The second-order valence-corrected chi connectivity index (χ2v) is 6.59. The van der Waals surface area contributed by atoms with Gasteiger partial charge in [0.25, 0.3) is 5.91 Å². The number of anilines is 1. The van der Waals surface area contributed by atoms with E-state index in [2.05, 4.69) is 10.1 Å². The van der Waals surface area contributed by atoms with Gasteiger partial charge in [-0.2, -0.15) is 5.10 Å². The molecule has 8 heteroatoms. The van der Waals surface area contributed by atoms with Crippen LogP contribution in [-0.2, 0) is 0 Å². The quantitative estimate of drug-likeness (QED) is 0.703. The summed E-state index contributed by atoms with van der Waals surface area (Å²) in [5.41, 5.74) is 7.39. The average molecular weight is 379 g/mol. The zero-order valence-corrected chi connectivity index (χ0v) is 15.0. The first-order chi connectivity index (χ1) is 13.6. The van der Waals surface area contributed by atoms with E-state index in [0.29, 0.717) is 24.2 Å². The highest BCUT2D eigenvalue weighted by Gasteiger charge is 2.36.